The van der Waals surface area contributed by atoms with Crippen LogP contribution in [-0.4, -0.2) is 34.7 Å². The van der Waals surface area contributed by atoms with E-state index in [1.807, 2.05) is 113 Å². The van der Waals surface area contributed by atoms with E-state index < -0.39 is 34.2 Å². The van der Waals surface area contributed by atoms with Gasteiger partial charge in [0.2, 0.25) is 0 Å². The van der Waals surface area contributed by atoms with Crippen molar-refractivity contribution >= 4 is 17.9 Å². The topological polar surface area (TPSA) is 196 Å². The zero-order valence-electron chi connectivity index (χ0n) is 35.7. The Morgan fingerprint density at radius 1 is 0.542 bits per heavy atom. The van der Waals surface area contributed by atoms with Gasteiger partial charge in [0.25, 0.3) is 0 Å². The minimum absolute atomic E-state index is 0.118. The first kappa shape index (κ1) is 50.3. The summed E-state index contributed by atoms with van der Waals surface area (Å²) >= 11 is 0. The number of ether oxygens (including phenoxy) is 1. The van der Waals surface area contributed by atoms with E-state index in [0.29, 0.717) is 13.0 Å². The Kier molecular flexibility index (Phi) is 20.5. The van der Waals surface area contributed by atoms with Crippen LogP contribution >= 0.6 is 0 Å². The third-order valence-electron chi connectivity index (χ3n) is 9.33. The highest BCUT2D eigenvalue weighted by atomic mass is 16.5. The van der Waals surface area contributed by atoms with Crippen LogP contribution in [0.15, 0.2) is 97.1 Å². The van der Waals surface area contributed by atoms with Crippen LogP contribution in [0.1, 0.15) is 79.1 Å². The number of esters is 1. The van der Waals surface area contributed by atoms with Crippen LogP contribution in [0.4, 0.5) is 0 Å². The zero-order valence-corrected chi connectivity index (χ0v) is 35.7. The van der Waals surface area contributed by atoms with Gasteiger partial charge in [-0.3, -0.25) is 14.4 Å². The standard InChI is InChI=1S/C14H17NO2.2C12H13NO2.C11H13N/c1-4-17-13(16)14(3,10-15)9-12-7-5-11(2)6-8-12;2*1-9-3-5-10(6-4-9)7-12(2,8-13)11(14)15;1-9-3-5-11(6-4-9)7-10(2)8-12/h5-8H,4,9H2,1-3H3;2*3-6H,7H2,1-2H3,(H,14,15);3-6,10H,7H2,1-2H3/t;12-;;/m.1../s1. The summed E-state index contributed by atoms with van der Waals surface area (Å²) in [5.41, 5.74) is 4.82. The van der Waals surface area contributed by atoms with Gasteiger partial charge in [0.05, 0.1) is 30.9 Å². The van der Waals surface area contributed by atoms with Crippen molar-refractivity contribution in [1.82, 2.24) is 0 Å². The second-order valence-electron chi connectivity index (χ2n) is 15.4. The van der Waals surface area contributed by atoms with E-state index in [2.05, 4.69) is 43.3 Å². The number of aliphatic carboxylic acids is 2. The van der Waals surface area contributed by atoms with Crippen molar-refractivity contribution < 1.29 is 29.3 Å². The summed E-state index contributed by atoms with van der Waals surface area (Å²) in [6, 6.07) is 39.2. The molecule has 4 aromatic carbocycles. The number of hydrogen-bond acceptors (Lipinski definition) is 8. The molecular formula is C49H56N4O6. The molecule has 0 bridgehead atoms. The quantitative estimate of drug-likeness (QED) is 0.130. The Hall–Kier alpha value is -6.75. The van der Waals surface area contributed by atoms with E-state index >= 15 is 0 Å². The highest BCUT2D eigenvalue weighted by Crippen LogP contribution is 2.25. The van der Waals surface area contributed by atoms with Gasteiger partial charge in [-0.15, -0.1) is 0 Å². The number of carbonyl (C=O) groups excluding carboxylic acids is 1. The van der Waals surface area contributed by atoms with Gasteiger partial charge in [0.15, 0.2) is 16.2 Å². The van der Waals surface area contributed by atoms with Crippen molar-refractivity contribution in [3.63, 3.8) is 0 Å². The number of hydrogen-bond donors (Lipinski definition) is 2. The van der Waals surface area contributed by atoms with Crippen molar-refractivity contribution in [2.45, 2.75) is 88.0 Å². The van der Waals surface area contributed by atoms with Crippen LogP contribution in [0.25, 0.3) is 0 Å². The lowest BCUT2D eigenvalue weighted by Crippen LogP contribution is -2.30. The Bertz CT molecular complexity index is 2060. The fourth-order valence-electron chi connectivity index (χ4n) is 5.24. The molecule has 0 saturated carbocycles. The Balaban J connectivity index is 0.000000396. The molecule has 59 heavy (non-hydrogen) atoms. The summed E-state index contributed by atoms with van der Waals surface area (Å²) < 4.78 is 4.93. The minimum Gasteiger partial charge on any atom is -0.480 e. The average Bonchev–Trinajstić information content (AvgIpc) is 3.21. The smallest absolute Gasteiger partial charge is 0.326 e. The molecule has 0 heterocycles. The number of nitriles is 4. The predicted octanol–water partition coefficient (Wildman–Crippen LogP) is 9.63. The average molecular weight is 797 g/mol. The molecule has 4 rings (SSSR count). The monoisotopic (exact) mass is 796 g/mol. The van der Waals surface area contributed by atoms with Crippen molar-refractivity contribution in [1.29, 1.82) is 21.0 Å². The van der Waals surface area contributed by atoms with Crippen LogP contribution in [0.3, 0.4) is 0 Å². The maximum Gasteiger partial charge on any atom is 0.326 e. The van der Waals surface area contributed by atoms with Crippen molar-refractivity contribution in [2.24, 2.45) is 22.2 Å². The molecule has 10 nitrogen and oxygen atoms in total. The first-order chi connectivity index (χ1) is 27.7. The van der Waals surface area contributed by atoms with Gasteiger partial charge in [-0.1, -0.05) is 119 Å². The predicted molar refractivity (Wildman–Crippen MR) is 227 cm³/mol. The largest absolute Gasteiger partial charge is 0.480 e. The molecule has 10 heteroatoms. The van der Waals surface area contributed by atoms with Gasteiger partial charge in [0.1, 0.15) is 0 Å². The molecule has 0 fully saturated rings. The van der Waals surface area contributed by atoms with Gasteiger partial charge in [-0.05, 0) is 91.0 Å². The SMILES string of the molecule is CCOC(=O)C(C)(C#N)Cc1ccc(C)cc1.Cc1ccc(CC(C)(C#N)C(=O)O)cc1.Cc1ccc(CC(C)C#N)cc1.Cc1ccc(C[C@](C)(C#N)C(=O)O)cc1. The van der Waals surface area contributed by atoms with E-state index in [1.54, 1.807) is 13.8 Å². The Labute approximate surface area is 350 Å². The van der Waals surface area contributed by atoms with Crippen molar-refractivity contribution in [3.05, 3.63) is 142 Å². The Morgan fingerprint density at radius 2 is 0.814 bits per heavy atom. The number of benzene rings is 4. The van der Waals surface area contributed by atoms with Gasteiger partial charge >= 0.3 is 17.9 Å². The minimum atomic E-state index is -1.34. The van der Waals surface area contributed by atoms with Crippen LogP contribution in [-0.2, 0) is 44.8 Å². The van der Waals surface area contributed by atoms with Crippen LogP contribution in [0, 0.1) is 95.2 Å². The number of carboxylic acids is 2. The Morgan fingerprint density at radius 3 is 1.05 bits per heavy atom. The number of rotatable bonds is 12. The van der Waals surface area contributed by atoms with Crippen LogP contribution in [0.2, 0.25) is 0 Å². The van der Waals surface area contributed by atoms with E-state index in [-0.39, 0.29) is 18.8 Å². The molecule has 0 radical (unpaired) electrons. The summed E-state index contributed by atoms with van der Waals surface area (Å²) in [6.07, 6.45) is 1.71. The first-order valence-electron chi connectivity index (χ1n) is 19.2. The molecule has 0 spiro atoms. The second-order valence-corrected chi connectivity index (χ2v) is 15.4. The normalized spacial score (nSPS) is 13.4. The van der Waals surface area contributed by atoms with Gasteiger partial charge < -0.3 is 14.9 Å². The molecule has 0 aliphatic heterocycles. The molecule has 0 aromatic heterocycles. The molecule has 308 valence electrons. The number of carbonyl (C=O) groups is 3. The molecule has 4 atom stereocenters. The van der Waals surface area contributed by atoms with Crippen molar-refractivity contribution in [2.75, 3.05) is 6.61 Å². The summed E-state index contributed by atoms with van der Waals surface area (Å²) in [5.74, 6) is -2.49. The van der Waals surface area contributed by atoms with E-state index in [4.69, 9.17) is 36.0 Å². The summed E-state index contributed by atoms with van der Waals surface area (Å²) in [4.78, 5) is 33.5. The zero-order chi connectivity index (χ0) is 44.8. The molecule has 0 aliphatic rings. The lowest BCUT2D eigenvalue weighted by atomic mass is 9.85. The number of nitrogens with zero attached hydrogens (tertiary/aromatic N) is 4. The van der Waals surface area contributed by atoms with E-state index in [9.17, 15) is 14.4 Å². The maximum atomic E-state index is 11.7. The lowest BCUT2D eigenvalue weighted by molar-refractivity contribution is -0.151. The maximum absolute atomic E-state index is 11.7. The molecule has 2 N–H and O–H groups in total. The molecule has 0 saturated heterocycles. The third-order valence-corrected chi connectivity index (χ3v) is 9.33. The first-order valence-corrected chi connectivity index (χ1v) is 19.2. The molecule has 0 amide bonds. The highest BCUT2D eigenvalue weighted by molar-refractivity contribution is 5.80. The van der Waals surface area contributed by atoms with Gasteiger partial charge in [0, 0.05) is 25.2 Å². The summed E-state index contributed by atoms with van der Waals surface area (Å²) in [6.45, 7) is 16.5. The second kappa shape index (κ2) is 24.1. The summed E-state index contributed by atoms with van der Waals surface area (Å²) in [7, 11) is 0. The fraction of sp³-hybridized carbons (Fsp3) is 0.367. The lowest BCUT2D eigenvalue weighted by Gasteiger charge is -2.19. The molecular weight excluding hydrogens is 741 g/mol. The van der Waals surface area contributed by atoms with E-state index in [0.717, 1.165) is 39.8 Å². The molecule has 4 aromatic rings. The van der Waals surface area contributed by atoms with Crippen LogP contribution < -0.4 is 0 Å². The highest BCUT2D eigenvalue weighted by Gasteiger charge is 2.36. The van der Waals surface area contributed by atoms with E-state index in [1.165, 1.54) is 25.0 Å². The van der Waals surface area contributed by atoms with Crippen molar-refractivity contribution in [3.8, 4) is 24.3 Å². The van der Waals surface area contributed by atoms with Crippen LogP contribution in [0.5, 0.6) is 0 Å². The fourth-order valence-corrected chi connectivity index (χ4v) is 5.24. The van der Waals surface area contributed by atoms with Gasteiger partial charge in [-0.25, -0.2) is 0 Å². The number of carboxylic acid groups (broad SMARTS) is 2. The number of aryl methyl sites for hydroxylation is 4. The summed E-state index contributed by atoms with van der Waals surface area (Å²) in [5, 5.41) is 53.3. The molecule has 0 aliphatic carbocycles. The third kappa shape index (κ3) is 17.5. The van der Waals surface area contributed by atoms with Gasteiger partial charge in [-0.2, -0.15) is 21.0 Å². The molecule has 3 unspecified atom stereocenters.